The Morgan fingerprint density at radius 3 is 2.26 bits per heavy atom. The van der Waals surface area contributed by atoms with Gasteiger partial charge in [0.15, 0.2) is 0 Å². The zero-order chi connectivity index (χ0) is 17.8. The Morgan fingerprint density at radius 1 is 1.30 bits per heavy atom. The lowest BCUT2D eigenvalue weighted by atomic mass is 10.2. The average Bonchev–Trinajstić information content (AvgIpc) is 2.36. The number of carbonyl (C=O) groups is 1. The molecule has 23 heavy (non-hydrogen) atoms. The van der Waals surface area contributed by atoms with Crippen LogP contribution < -0.4 is 0 Å². The number of rotatable bonds is 5. The topological polar surface area (TPSA) is 63.7 Å². The number of benzene rings is 1. The predicted octanol–water partition coefficient (Wildman–Crippen LogP) is 3.89. The van der Waals surface area contributed by atoms with E-state index in [4.69, 9.17) is 4.74 Å². The molecule has 0 aliphatic rings. The molecule has 0 saturated heterocycles. The van der Waals surface area contributed by atoms with E-state index in [0.29, 0.717) is 6.42 Å². The van der Waals surface area contributed by atoms with Crippen LogP contribution in [0.5, 0.6) is 0 Å². The Labute approximate surface area is 139 Å². The predicted molar refractivity (Wildman–Crippen MR) is 90.7 cm³/mol. The van der Waals surface area contributed by atoms with E-state index in [-0.39, 0.29) is 4.90 Å². The second-order valence-corrected chi connectivity index (χ2v) is 8.28. The third-order valence-electron chi connectivity index (χ3n) is 3.06. The van der Waals surface area contributed by atoms with Crippen molar-refractivity contribution < 1.29 is 17.9 Å². The van der Waals surface area contributed by atoms with Crippen molar-refractivity contribution in [1.29, 1.82) is 0 Å². The molecule has 0 saturated carbocycles. The molecule has 128 valence electrons. The van der Waals surface area contributed by atoms with Crippen molar-refractivity contribution in [3.05, 3.63) is 42.5 Å². The van der Waals surface area contributed by atoms with Crippen LogP contribution in [0.3, 0.4) is 0 Å². The van der Waals surface area contributed by atoms with Gasteiger partial charge >= 0.3 is 6.09 Å². The first-order valence-corrected chi connectivity index (χ1v) is 8.88. The highest BCUT2D eigenvalue weighted by molar-refractivity contribution is 7.89. The molecule has 0 radical (unpaired) electrons. The van der Waals surface area contributed by atoms with Gasteiger partial charge in [-0.25, -0.2) is 13.2 Å². The second kappa shape index (κ2) is 7.17. The number of nitrogens with zero attached hydrogens (tertiary/aromatic N) is 1. The Bertz CT molecular complexity index is 657. The zero-order valence-corrected chi connectivity index (χ0v) is 15.2. The number of hydrogen-bond acceptors (Lipinski definition) is 4. The quantitative estimate of drug-likeness (QED) is 0.764. The van der Waals surface area contributed by atoms with Crippen LogP contribution in [0.15, 0.2) is 41.8 Å². The summed E-state index contributed by atoms with van der Waals surface area (Å²) in [6, 6.07) is 5.77. The minimum absolute atomic E-state index is 0.0601. The van der Waals surface area contributed by atoms with E-state index in [9.17, 15) is 13.2 Å². The van der Waals surface area contributed by atoms with E-state index in [2.05, 4.69) is 6.58 Å². The SMILES string of the molecule is C=CC[C@H](C)N(C(=O)OC(C)(C)C)S(=O)(=O)c1ccc(C)cc1. The van der Waals surface area contributed by atoms with Crippen molar-refractivity contribution in [1.82, 2.24) is 4.31 Å². The van der Waals surface area contributed by atoms with Crippen LogP contribution in [0, 0.1) is 6.92 Å². The van der Waals surface area contributed by atoms with Gasteiger partial charge in [0.05, 0.1) is 10.9 Å². The van der Waals surface area contributed by atoms with Crippen molar-refractivity contribution in [2.75, 3.05) is 0 Å². The zero-order valence-electron chi connectivity index (χ0n) is 14.4. The standard InChI is InChI=1S/C17H25NO4S/c1-7-8-14(3)18(16(19)22-17(4,5)6)23(20,21)15-11-9-13(2)10-12-15/h7,9-12,14H,1,8H2,2-6H3/t14-/m0/s1. The highest BCUT2D eigenvalue weighted by Gasteiger charge is 2.36. The van der Waals surface area contributed by atoms with Gasteiger partial charge in [0.25, 0.3) is 10.0 Å². The van der Waals surface area contributed by atoms with E-state index in [1.807, 2.05) is 6.92 Å². The molecule has 0 unspecified atom stereocenters. The molecule has 1 rings (SSSR count). The summed E-state index contributed by atoms with van der Waals surface area (Å²) in [5.74, 6) is 0. The van der Waals surface area contributed by atoms with Crippen LogP contribution >= 0.6 is 0 Å². The van der Waals surface area contributed by atoms with Gasteiger partial charge in [-0.2, -0.15) is 4.31 Å². The van der Waals surface area contributed by atoms with Gasteiger partial charge < -0.3 is 4.74 Å². The first-order valence-electron chi connectivity index (χ1n) is 7.44. The van der Waals surface area contributed by atoms with Crippen LogP contribution in [0.1, 0.15) is 39.7 Å². The molecule has 5 nitrogen and oxygen atoms in total. The lowest BCUT2D eigenvalue weighted by molar-refractivity contribution is 0.0349. The fraction of sp³-hybridized carbons (Fsp3) is 0.471. The molecule has 1 atom stereocenters. The highest BCUT2D eigenvalue weighted by atomic mass is 32.2. The first-order chi connectivity index (χ1) is 10.5. The molecule has 6 heteroatoms. The number of aryl methyl sites for hydroxylation is 1. The fourth-order valence-electron chi connectivity index (χ4n) is 1.98. The Balaban J connectivity index is 3.29. The number of amides is 1. The van der Waals surface area contributed by atoms with Gasteiger partial charge in [0.1, 0.15) is 5.60 Å². The molecule has 1 aromatic rings. The summed E-state index contributed by atoms with van der Waals surface area (Å²) in [6.45, 7) is 12.2. The van der Waals surface area contributed by atoms with Crippen molar-refractivity contribution >= 4 is 16.1 Å². The maximum atomic E-state index is 12.9. The van der Waals surface area contributed by atoms with E-state index < -0.39 is 27.8 Å². The molecule has 0 aromatic heterocycles. The van der Waals surface area contributed by atoms with Crippen molar-refractivity contribution in [2.45, 2.75) is 57.6 Å². The van der Waals surface area contributed by atoms with Gasteiger partial charge in [-0.1, -0.05) is 23.8 Å². The smallest absolute Gasteiger partial charge is 0.424 e. The molecule has 0 aliphatic carbocycles. The second-order valence-electron chi connectivity index (χ2n) is 6.47. The van der Waals surface area contributed by atoms with E-state index in [0.717, 1.165) is 9.87 Å². The maximum absolute atomic E-state index is 12.9. The molecular weight excluding hydrogens is 314 g/mol. The Kier molecular flexibility index (Phi) is 5.99. The van der Waals surface area contributed by atoms with Crippen LogP contribution in [-0.2, 0) is 14.8 Å². The Morgan fingerprint density at radius 2 is 1.83 bits per heavy atom. The van der Waals surface area contributed by atoms with Gasteiger partial charge in [0.2, 0.25) is 0 Å². The summed E-state index contributed by atoms with van der Waals surface area (Å²) in [7, 11) is -4.00. The lowest BCUT2D eigenvalue weighted by Crippen LogP contribution is -2.45. The minimum Gasteiger partial charge on any atom is -0.443 e. The van der Waals surface area contributed by atoms with Crippen LogP contribution in [0.2, 0.25) is 0 Å². The van der Waals surface area contributed by atoms with Gasteiger partial charge in [-0.05, 0) is 53.2 Å². The summed E-state index contributed by atoms with van der Waals surface area (Å²) >= 11 is 0. The number of hydrogen-bond donors (Lipinski definition) is 0. The van der Waals surface area contributed by atoms with Crippen LogP contribution in [0.25, 0.3) is 0 Å². The summed E-state index contributed by atoms with van der Waals surface area (Å²) < 4.78 is 31.8. The largest absolute Gasteiger partial charge is 0.443 e. The maximum Gasteiger partial charge on any atom is 0.424 e. The van der Waals surface area contributed by atoms with Gasteiger partial charge in [-0.3, -0.25) is 0 Å². The van der Waals surface area contributed by atoms with Crippen LogP contribution in [-0.4, -0.2) is 30.5 Å². The molecule has 1 aromatic carbocycles. The number of ether oxygens (including phenoxy) is 1. The van der Waals surface area contributed by atoms with E-state index in [1.54, 1.807) is 45.9 Å². The van der Waals surface area contributed by atoms with Gasteiger partial charge in [0, 0.05) is 0 Å². The molecule has 0 fully saturated rings. The van der Waals surface area contributed by atoms with Crippen molar-refractivity contribution in [3.63, 3.8) is 0 Å². The fourth-order valence-corrected chi connectivity index (χ4v) is 3.48. The lowest BCUT2D eigenvalue weighted by Gasteiger charge is -2.30. The van der Waals surface area contributed by atoms with E-state index in [1.165, 1.54) is 12.1 Å². The summed E-state index contributed by atoms with van der Waals surface area (Å²) in [4.78, 5) is 12.5. The third-order valence-corrected chi connectivity index (χ3v) is 4.95. The summed E-state index contributed by atoms with van der Waals surface area (Å²) in [5, 5.41) is 0. The molecular formula is C17H25NO4S. The number of carbonyl (C=O) groups excluding carboxylic acids is 1. The van der Waals surface area contributed by atoms with Crippen molar-refractivity contribution in [2.24, 2.45) is 0 Å². The molecule has 0 aliphatic heterocycles. The number of sulfonamides is 1. The summed E-state index contributed by atoms with van der Waals surface area (Å²) in [5.41, 5.74) is 0.151. The van der Waals surface area contributed by atoms with Crippen molar-refractivity contribution in [3.8, 4) is 0 Å². The van der Waals surface area contributed by atoms with E-state index >= 15 is 0 Å². The minimum atomic E-state index is -4.00. The first kappa shape index (κ1) is 19.2. The highest BCUT2D eigenvalue weighted by Crippen LogP contribution is 2.23. The molecule has 0 N–H and O–H groups in total. The molecule has 0 heterocycles. The molecule has 0 spiro atoms. The van der Waals surface area contributed by atoms with Crippen LogP contribution in [0.4, 0.5) is 4.79 Å². The third kappa shape index (κ3) is 5.10. The monoisotopic (exact) mass is 339 g/mol. The Hall–Kier alpha value is -1.82. The van der Waals surface area contributed by atoms with Gasteiger partial charge in [-0.15, -0.1) is 6.58 Å². The summed E-state index contributed by atoms with van der Waals surface area (Å²) in [6.07, 6.45) is 1.03. The molecule has 1 amide bonds. The normalized spacial score (nSPS) is 13.3. The average molecular weight is 339 g/mol. The molecule has 0 bridgehead atoms.